The monoisotopic (exact) mass is 504 g/mol. The number of ether oxygens (including phenoxy) is 1. The van der Waals surface area contributed by atoms with Gasteiger partial charge in [0, 0.05) is 36.0 Å². The number of thiazole rings is 1. The maximum absolute atomic E-state index is 12.2. The van der Waals surface area contributed by atoms with Gasteiger partial charge in [-0.1, -0.05) is 36.3 Å². The van der Waals surface area contributed by atoms with Gasteiger partial charge >= 0.3 is 0 Å². The molecule has 0 bridgehead atoms. The number of fused-ring (bicyclic) bond motifs is 1. The molecule has 1 saturated carbocycles. The van der Waals surface area contributed by atoms with E-state index in [-0.39, 0.29) is 31.2 Å². The number of carbonyl (C=O) groups is 1. The number of hydrogen-bond acceptors (Lipinski definition) is 8. The lowest BCUT2D eigenvalue weighted by Crippen LogP contribution is -2.36. The molecule has 186 valence electrons. The predicted molar refractivity (Wildman–Crippen MR) is 141 cm³/mol. The Hall–Kier alpha value is -3.53. The van der Waals surface area contributed by atoms with Gasteiger partial charge in [-0.3, -0.25) is 9.78 Å². The zero-order valence-corrected chi connectivity index (χ0v) is 20.5. The third-order valence-corrected chi connectivity index (χ3v) is 7.13. The molecule has 0 spiro atoms. The molecule has 2 aromatic carbocycles. The van der Waals surface area contributed by atoms with E-state index < -0.39 is 0 Å². The van der Waals surface area contributed by atoms with Crippen LogP contribution in [0.1, 0.15) is 36.0 Å². The summed E-state index contributed by atoms with van der Waals surface area (Å²) in [7, 11) is 0. The summed E-state index contributed by atoms with van der Waals surface area (Å²) in [4.78, 5) is 21.4. The second kappa shape index (κ2) is 11.0. The zero-order valence-electron chi connectivity index (χ0n) is 19.7. The lowest BCUT2D eigenvalue weighted by molar-refractivity contribution is 0.0944. The van der Waals surface area contributed by atoms with Gasteiger partial charge in [0.25, 0.3) is 5.91 Å². The summed E-state index contributed by atoms with van der Waals surface area (Å²) in [6.07, 6.45) is 5.31. The van der Waals surface area contributed by atoms with Gasteiger partial charge in [0.05, 0.1) is 34.7 Å². The lowest BCUT2D eigenvalue weighted by atomic mass is 9.93. The van der Waals surface area contributed by atoms with Crippen molar-refractivity contribution in [2.24, 2.45) is 0 Å². The highest BCUT2D eigenvalue weighted by Gasteiger charge is 2.23. The van der Waals surface area contributed by atoms with Gasteiger partial charge in [-0.05, 0) is 43.2 Å². The van der Waals surface area contributed by atoms with Crippen LogP contribution in [0.25, 0.3) is 21.5 Å². The highest BCUT2D eigenvalue weighted by atomic mass is 32.1. The molecule has 0 radical (unpaired) electrons. The van der Waals surface area contributed by atoms with Gasteiger partial charge in [0.1, 0.15) is 11.5 Å². The number of aliphatic hydroxyl groups is 2. The molecule has 0 unspecified atom stereocenters. The Labute approximate surface area is 213 Å². The quantitative estimate of drug-likeness (QED) is 0.277. The Kier molecular flexibility index (Phi) is 7.41. The molecule has 1 amide bonds. The van der Waals surface area contributed by atoms with Gasteiger partial charge < -0.3 is 25.6 Å². The molecular weight excluding hydrogens is 476 g/mol. The van der Waals surface area contributed by atoms with E-state index in [9.17, 15) is 9.90 Å². The minimum absolute atomic E-state index is 0.0459. The lowest BCUT2D eigenvalue weighted by Gasteiger charge is -2.27. The molecule has 2 atom stereocenters. The highest BCUT2D eigenvalue weighted by Crippen LogP contribution is 2.33. The first kappa shape index (κ1) is 24.2. The van der Waals surface area contributed by atoms with Crippen LogP contribution in [0, 0.1) is 0 Å². The number of amides is 1. The molecule has 9 heteroatoms. The molecule has 1 aliphatic carbocycles. The van der Waals surface area contributed by atoms with Crippen molar-refractivity contribution >= 4 is 32.6 Å². The minimum Gasteiger partial charge on any atom is -0.457 e. The molecule has 1 fully saturated rings. The molecular formula is C27H28N4O4S. The highest BCUT2D eigenvalue weighted by molar-refractivity contribution is 7.22. The number of nitrogens with zero attached hydrogens (tertiary/aromatic N) is 2. The second-order valence-corrected chi connectivity index (χ2v) is 9.82. The van der Waals surface area contributed by atoms with Crippen LogP contribution in [0.15, 0.2) is 60.8 Å². The first-order chi connectivity index (χ1) is 17.6. The molecule has 1 aliphatic rings. The fourth-order valence-electron chi connectivity index (χ4n) is 4.33. The van der Waals surface area contributed by atoms with Crippen LogP contribution in [0.5, 0.6) is 11.5 Å². The average molecular weight is 505 g/mol. The van der Waals surface area contributed by atoms with Gasteiger partial charge in [0.2, 0.25) is 0 Å². The summed E-state index contributed by atoms with van der Waals surface area (Å²) >= 11 is 1.55. The first-order valence-corrected chi connectivity index (χ1v) is 12.9. The normalized spacial score (nSPS) is 17.6. The van der Waals surface area contributed by atoms with Crippen LogP contribution in [0.4, 0.5) is 5.13 Å². The molecule has 36 heavy (non-hydrogen) atoms. The Morgan fingerprint density at radius 2 is 1.94 bits per heavy atom. The number of aromatic nitrogens is 2. The molecule has 0 aliphatic heterocycles. The Morgan fingerprint density at radius 1 is 1.08 bits per heavy atom. The van der Waals surface area contributed by atoms with E-state index in [1.807, 2.05) is 30.3 Å². The number of anilines is 1. The number of rotatable bonds is 8. The van der Waals surface area contributed by atoms with Crippen molar-refractivity contribution in [1.29, 1.82) is 0 Å². The van der Waals surface area contributed by atoms with Crippen LogP contribution < -0.4 is 15.4 Å². The standard InChI is InChI=1S/C27H28N4O4S/c32-13-12-29-26(34)18-5-3-4-17(14-18)23-15-20(10-11-28-23)35-19-8-9-22-25(16-19)36-27(31-22)30-21-6-1-2-7-24(21)33/h3-5,8-11,14-16,21,24,32-33H,1-2,6-7,12-13H2,(H,29,34)(H,30,31)/t21-,24-/m1/s1. The van der Waals surface area contributed by atoms with Crippen molar-refractivity contribution in [1.82, 2.24) is 15.3 Å². The maximum Gasteiger partial charge on any atom is 0.251 e. The van der Waals surface area contributed by atoms with E-state index >= 15 is 0 Å². The number of aliphatic hydroxyl groups excluding tert-OH is 2. The smallest absolute Gasteiger partial charge is 0.251 e. The van der Waals surface area contributed by atoms with Crippen molar-refractivity contribution in [3.05, 3.63) is 66.4 Å². The number of nitrogens with one attached hydrogen (secondary N) is 2. The third-order valence-electron chi connectivity index (χ3n) is 6.18. The largest absolute Gasteiger partial charge is 0.457 e. The van der Waals surface area contributed by atoms with E-state index in [4.69, 9.17) is 9.84 Å². The molecule has 2 aromatic heterocycles. The Bertz CT molecular complexity index is 1360. The van der Waals surface area contributed by atoms with E-state index in [2.05, 4.69) is 20.6 Å². The van der Waals surface area contributed by atoms with Gasteiger partial charge in [-0.25, -0.2) is 4.98 Å². The minimum atomic E-state index is -0.332. The van der Waals surface area contributed by atoms with Crippen molar-refractivity contribution in [3.63, 3.8) is 0 Å². The van der Waals surface area contributed by atoms with E-state index in [1.165, 1.54) is 0 Å². The average Bonchev–Trinajstić information content (AvgIpc) is 3.30. The molecule has 8 nitrogen and oxygen atoms in total. The summed E-state index contributed by atoms with van der Waals surface area (Å²) in [5.41, 5.74) is 2.85. The molecule has 0 saturated heterocycles. The second-order valence-electron chi connectivity index (χ2n) is 8.79. The SMILES string of the molecule is O=C(NCCO)c1cccc(-c2cc(Oc3ccc4nc(N[C@@H]5CCCC[C@H]5O)sc4c3)ccn2)c1. The van der Waals surface area contributed by atoms with Crippen LogP contribution >= 0.6 is 11.3 Å². The predicted octanol–water partition coefficient (Wildman–Crippen LogP) is 4.59. The van der Waals surface area contributed by atoms with E-state index in [0.29, 0.717) is 22.8 Å². The molecule has 4 N–H and O–H groups in total. The number of carbonyl (C=O) groups excluding carboxylic acids is 1. The summed E-state index contributed by atoms with van der Waals surface area (Å²) in [5.74, 6) is 1.07. The number of benzene rings is 2. The molecule has 4 aromatic rings. The van der Waals surface area contributed by atoms with E-state index in [0.717, 1.165) is 46.6 Å². The summed E-state index contributed by atoms with van der Waals surface area (Å²) in [6, 6.07) is 16.6. The fourth-order valence-corrected chi connectivity index (χ4v) is 5.28. The van der Waals surface area contributed by atoms with Crippen LogP contribution in [0.3, 0.4) is 0 Å². The summed E-state index contributed by atoms with van der Waals surface area (Å²) in [5, 5.41) is 26.1. The van der Waals surface area contributed by atoms with Crippen molar-refractivity contribution < 1.29 is 19.7 Å². The molecule has 5 rings (SSSR count). The van der Waals surface area contributed by atoms with Crippen LogP contribution in [-0.4, -0.2) is 51.4 Å². The zero-order chi connectivity index (χ0) is 24.9. The van der Waals surface area contributed by atoms with Crippen LogP contribution in [-0.2, 0) is 0 Å². The number of hydrogen-bond donors (Lipinski definition) is 4. The van der Waals surface area contributed by atoms with Crippen molar-refractivity contribution in [2.75, 3.05) is 18.5 Å². The topological polar surface area (TPSA) is 117 Å². The molecule has 2 heterocycles. The van der Waals surface area contributed by atoms with Gasteiger partial charge in [-0.15, -0.1) is 0 Å². The maximum atomic E-state index is 12.2. The number of pyridine rings is 1. The van der Waals surface area contributed by atoms with Crippen LogP contribution in [0.2, 0.25) is 0 Å². The van der Waals surface area contributed by atoms with Gasteiger partial charge in [-0.2, -0.15) is 0 Å². The Morgan fingerprint density at radius 3 is 2.81 bits per heavy atom. The van der Waals surface area contributed by atoms with Gasteiger partial charge in [0.15, 0.2) is 5.13 Å². The van der Waals surface area contributed by atoms with Crippen molar-refractivity contribution in [3.8, 4) is 22.8 Å². The third kappa shape index (κ3) is 5.64. The van der Waals surface area contributed by atoms with Crippen molar-refractivity contribution in [2.45, 2.75) is 37.8 Å². The fraction of sp³-hybridized carbons (Fsp3) is 0.296. The Balaban J connectivity index is 1.31. The first-order valence-electron chi connectivity index (χ1n) is 12.1. The summed E-state index contributed by atoms with van der Waals surface area (Å²) < 4.78 is 7.12. The van der Waals surface area contributed by atoms with E-state index in [1.54, 1.807) is 41.8 Å². The summed E-state index contributed by atoms with van der Waals surface area (Å²) in [6.45, 7) is 0.0932.